The smallest absolute Gasteiger partial charge is 0.240 e. The molecule has 1 aliphatic heterocycles. The molecule has 0 aliphatic carbocycles. The van der Waals surface area contributed by atoms with E-state index in [4.69, 9.17) is 16.2 Å². The van der Waals surface area contributed by atoms with Gasteiger partial charge in [0.2, 0.25) is 5.91 Å². The van der Waals surface area contributed by atoms with Crippen molar-refractivity contribution in [2.45, 2.75) is 50.9 Å². The Balaban J connectivity index is 3.07. The van der Waals surface area contributed by atoms with E-state index in [2.05, 4.69) is 0 Å². The van der Waals surface area contributed by atoms with E-state index in [1.165, 1.54) is 0 Å². The summed E-state index contributed by atoms with van der Waals surface area (Å²) in [6.07, 6.45) is 0.461. The fourth-order valence-corrected chi connectivity index (χ4v) is 2.09. The zero-order valence-electron chi connectivity index (χ0n) is 8.68. The maximum Gasteiger partial charge on any atom is 0.240 e. The van der Waals surface area contributed by atoms with Crippen molar-refractivity contribution < 1.29 is 9.53 Å². The van der Waals surface area contributed by atoms with Crippen LogP contribution >= 0.6 is 0 Å². The van der Waals surface area contributed by atoms with E-state index in [-0.39, 0.29) is 5.60 Å². The van der Waals surface area contributed by atoms with Crippen molar-refractivity contribution in [2.75, 3.05) is 0 Å². The lowest BCUT2D eigenvalue weighted by Gasteiger charge is -2.33. The molecule has 76 valence electrons. The van der Waals surface area contributed by atoms with Crippen LogP contribution in [0.2, 0.25) is 0 Å². The third kappa shape index (κ3) is 1.44. The molecule has 1 heterocycles. The summed E-state index contributed by atoms with van der Waals surface area (Å²) >= 11 is 0. The van der Waals surface area contributed by atoms with Crippen LogP contribution in [0, 0.1) is 0 Å². The summed E-state index contributed by atoms with van der Waals surface area (Å²) in [5.41, 5.74) is 9.11. The summed E-state index contributed by atoms with van der Waals surface area (Å²) in [6.45, 7) is 7.41. The molecule has 1 unspecified atom stereocenters. The molecular formula is C9H18N2O2. The Morgan fingerprint density at radius 3 is 1.92 bits per heavy atom. The zero-order chi connectivity index (χ0) is 10.5. The van der Waals surface area contributed by atoms with Crippen LogP contribution in [0.15, 0.2) is 0 Å². The minimum absolute atomic E-state index is 0.382. The van der Waals surface area contributed by atoms with Crippen molar-refractivity contribution in [2.24, 2.45) is 11.5 Å². The first-order valence-corrected chi connectivity index (χ1v) is 4.40. The van der Waals surface area contributed by atoms with Crippen LogP contribution in [0.3, 0.4) is 0 Å². The lowest BCUT2D eigenvalue weighted by atomic mass is 9.79. The molecule has 0 saturated carbocycles. The highest BCUT2D eigenvalue weighted by Crippen LogP contribution is 2.43. The van der Waals surface area contributed by atoms with E-state index in [1.54, 1.807) is 13.8 Å². The van der Waals surface area contributed by atoms with Crippen molar-refractivity contribution >= 4 is 5.91 Å². The van der Waals surface area contributed by atoms with Crippen molar-refractivity contribution in [3.05, 3.63) is 0 Å². The summed E-state index contributed by atoms with van der Waals surface area (Å²) in [5, 5.41) is 0. The fraction of sp³-hybridized carbons (Fsp3) is 0.889. The molecule has 0 spiro atoms. The quantitative estimate of drug-likeness (QED) is 0.611. The van der Waals surface area contributed by atoms with Gasteiger partial charge in [0, 0.05) is 6.42 Å². The summed E-state index contributed by atoms with van der Waals surface area (Å²) in [6, 6.07) is 0. The normalized spacial score (nSPS) is 36.1. The molecule has 0 radical (unpaired) electrons. The highest BCUT2D eigenvalue weighted by Gasteiger charge is 2.58. The number of ether oxygens (including phenoxy) is 1. The molecule has 4 nitrogen and oxygen atoms in total. The number of nitrogens with two attached hydrogens (primary N) is 2. The van der Waals surface area contributed by atoms with E-state index in [0.717, 1.165) is 0 Å². The van der Waals surface area contributed by atoms with Crippen molar-refractivity contribution in [1.82, 2.24) is 0 Å². The zero-order valence-corrected chi connectivity index (χ0v) is 8.68. The van der Waals surface area contributed by atoms with Gasteiger partial charge in [-0.1, -0.05) is 0 Å². The Labute approximate surface area is 78.6 Å². The third-order valence-corrected chi connectivity index (χ3v) is 2.75. The standard InChI is InChI=1S/C9H18N2O2/c1-7(2)5-9(11,6(10)12)8(3,4)13-7/h5,11H2,1-4H3,(H2,10,12). The van der Waals surface area contributed by atoms with Crippen LogP contribution in [0.4, 0.5) is 0 Å². The Morgan fingerprint density at radius 2 is 1.77 bits per heavy atom. The molecule has 1 rings (SSSR count). The lowest BCUT2D eigenvalue weighted by Crippen LogP contribution is -2.62. The predicted octanol–water partition coefficient (Wildman–Crippen LogP) is 0.147. The van der Waals surface area contributed by atoms with Crippen LogP contribution in [0.25, 0.3) is 0 Å². The average molecular weight is 186 g/mol. The van der Waals surface area contributed by atoms with Gasteiger partial charge in [0.05, 0.1) is 11.2 Å². The summed E-state index contributed by atoms with van der Waals surface area (Å²) in [7, 11) is 0. The molecule has 0 aromatic rings. The molecule has 0 aromatic heterocycles. The lowest BCUT2D eigenvalue weighted by molar-refractivity contribution is -0.130. The fourth-order valence-electron chi connectivity index (χ4n) is 2.09. The molecule has 0 bridgehead atoms. The summed E-state index contributed by atoms with van der Waals surface area (Å²) in [4.78, 5) is 11.2. The van der Waals surface area contributed by atoms with Crippen LogP contribution < -0.4 is 11.5 Å². The van der Waals surface area contributed by atoms with Crippen LogP contribution in [0.5, 0.6) is 0 Å². The molecule has 1 amide bonds. The molecule has 1 aliphatic rings. The predicted molar refractivity (Wildman–Crippen MR) is 50.0 cm³/mol. The summed E-state index contributed by atoms with van der Waals surface area (Å²) in [5.74, 6) is -0.497. The average Bonchev–Trinajstić information content (AvgIpc) is 1.97. The number of amides is 1. The minimum Gasteiger partial charge on any atom is -0.368 e. The van der Waals surface area contributed by atoms with E-state index in [9.17, 15) is 4.79 Å². The van der Waals surface area contributed by atoms with E-state index >= 15 is 0 Å². The number of hydrogen-bond acceptors (Lipinski definition) is 3. The van der Waals surface area contributed by atoms with Gasteiger partial charge in [-0.2, -0.15) is 0 Å². The Bertz CT molecular complexity index is 248. The van der Waals surface area contributed by atoms with Gasteiger partial charge >= 0.3 is 0 Å². The first-order chi connectivity index (χ1) is 5.61. The molecule has 1 saturated heterocycles. The first-order valence-electron chi connectivity index (χ1n) is 4.40. The second-order valence-electron chi connectivity index (χ2n) is 4.88. The van der Waals surface area contributed by atoms with Gasteiger partial charge in [-0.25, -0.2) is 0 Å². The van der Waals surface area contributed by atoms with Gasteiger partial charge in [-0.3, -0.25) is 4.79 Å². The van der Waals surface area contributed by atoms with Crippen molar-refractivity contribution in [1.29, 1.82) is 0 Å². The molecule has 4 N–H and O–H groups in total. The van der Waals surface area contributed by atoms with Crippen LogP contribution in [-0.4, -0.2) is 22.6 Å². The summed E-state index contributed by atoms with van der Waals surface area (Å²) < 4.78 is 5.69. The topological polar surface area (TPSA) is 78.3 Å². The second kappa shape index (κ2) is 2.45. The maximum absolute atomic E-state index is 11.2. The first kappa shape index (κ1) is 10.5. The van der Waals surface area contributed by atoms with E-state index in [0.29, 0.717) is 6.42 Å². The molecule has 1 atom stereocenters. The van der Waals surface area contributed by atoms with Crippen molar-refractivity contribution in [3.8, 4) is 0 Å². The second-order valence-corrected chi connectivity index (χ2v) is 4.88. The van der Waals surface area contributed by atoms with Crippen LogP contribution in [-0.2, 0) is 9.53 Å². The molecule has 1 fully saturated rings. The molecule has 0 aromatic carbocycles. The largest absolute Gasteiger partial charge is 0.368 e. The molecule has 4 heteroatoms. The molecule has 13 heavy (non-hydrogen) atoms. The maximum atomic E-state index is 11.2. The van der Waals surface area contributed by atoms with Crippen LogP contribution in [0.1, 0.15) is 34.1 Å². The Kier molecular flexibility index (Phi) is 1.98. The van der Waals surface area contributed by atoms with Crippen molar-refractivity contribution in [3.63, 3.8) is 0 Å². The number of carbonyl (C=O) groups is 1. The van der Waals surface area contributed by atoms with Gasteiger partial charge in [0.15, 0.2) is 0 Å². The number of rotatable bonds is 1. The van der Waals surface area contributed by atoms with E-state index in [1.807, 2.05) is 13.8 Å². The SMILES string of the molecule is CC1(C)CC(N)(C(N)=O)C(C)(C)O1. The van der Waals surface area contributed by atoms with Gasteiger partial charge in [0.1, 0.15) is 5.54 Å². The monoisotopic (exact) mass is 186 g/mol. The Hall–Kier alpha value is -0.610. The highest BCUT2D eigenvalue weighted by atomic mass is 16.5. The Morgan fingerprint density at radius 1 is 1.31 bits per heavy atom. The van der Waals surface area contributed by atoms with Gasteiger partial charge < -0.3 is 16.2 Å². The van der Waals surface area contributed by atoms with Gasteiger partial charge in [-0.05, 0) is 27.7 Å². The third-order valence-electron chi connectivity index (χ3n) is 2.75. The number of carbonyl (C=O) groups excluding carboxylic acids is 1. The number of primary amides is 1. The highest BCUT2D eigenvalue weighted by molar-refractivity contribution is 5.86. The van der Waals surface area contributed by atoms with Gasteiger partial charge in [0.25, 0.3) is 0 Å². The number of hydrogen-bond donors (Lipinski definition) is 2. The van der Waals surface area contributed by atoms with Gasteiger partial charge in [-0.15, -0.1) is 0 Å². The molecular weight excluding hydrogens is 168 g/mol. The minimum atomic E-state index is -1.06. The van der Waals surface area contributed by atoms with E-state index < -0.39 is 17.0 Å².